The predicted molar refractivity (Wildman–Crippen MR) is 104 cm³/mol. The Bertz CT molecular complexity index is 911. The maximum atomic E-state index is 12.7. The number of rotatable bonds is 6. The summed E-state index contributed by atoms with van der Waals surface area (Å²) in [6.07, 6.45) is 1.68. The van der Waals surface area contributed by atoms with E-state index in [1.165, 1.54) is 0 Å². The molecular weight excluding hydrogens is 338 g/mol. The molecule has 0 fully saturated rings. The predicted octanol–water partition coefficient (Wildman–Crippen LogP) is 3.28. The summed E-state index contributed by atoms with van der Waals surface area (Å²) in [6.45, 7) is 0.849. The molecule has 0 aliphatic carbocycles. The molecule has 3 rings (SSSR count). The number of hydrogen-bond donors (Lipinski definition) is 1. The number of hydrogen-bond acceptors (Lipinski definition) is 3. The third-order valence-electron chi connectivity index (χ3n) is 4.14. The number of carbonyl (C=O) groups is 2. The molecule has 2 amide bonds. The molecule has 0 aliphatic rings. The molecule has 27 heavy (non-hydrogen) atoms. The normalized spacial score (nSPS) is 10.3. The molecule has 1 N–H and O–H groups in total. The van der Waals surface area contributed by atoms with Gasteiger partial charge < -0.3 is 10.2 Å². The van der Waals surface area contributed by atoms with Crippen molar-refractivity contribution in [3.05, 3.63) is 101 Å². The number of amides is 2. The van der Waals surface area contributed by atoms with E-state index < -0.39 is 0 Å². The Morgan fingerprint density at radius 2 is 1.67 bits per heavy atom. The van der Waals surface area contributed by atoms with Crippen LogP contribution >= 0.6 is 0 Å². The largest absolute Gasteiger partial charge is 0.346 e. The summed E-state index contributed by atoms with van der Waals surface area (Å²) in [6, 6.07) is 22.1. The van der Waals surface area contributed by atoms with Crippen LogP contribution in [0.2, 0.25) is 0 Å². The molecule has 5 heteroatoms. The Morgan fingerprint density at radius 3 is 2.41 bits per heavy atom. The fourth-order valence-electron chi connectivity index (χ4n) is 2.72. The molecule has 0 saturated heterocycles. The summed E-state index contributed by atoms with van der Waals surface area (Å²) in [7, 11) is 1.75. The number of nitrogens with one attached hydrogen (secondary N) is 1. The van der Waals surface area contributed by atoms with Crippen molar-refractivity contribution in [2.24, 2.45) is 0 Å². The van der Waals surface area contributed by atoms with Crippen molar-refractivity contribution in [2.75, 3.05) is 7.05 Å². The van der Waals surface area contributed by atoms with E-state index in [9.17, 15) is 9.59 Å². The van der Waals surface area contributed by atoms with Crippen molar-refractivity contribution in [3.63, 3.8) is 0 Å². The minimum atomic E-state index is -0.235. The van der Waals surface area contributed by atoms with E-state index in [1.807, 2.05) is 48.5 Å². The summed E-state index contributed by atoms with van der Waals surface area (Å²) < 4.78 is 0. The maximum absolute atomic E-state index is 12.7. The number of pyridine rings is 1. The first-order valence-corrected chi connectivity index (χ1v) is 8.71. The summed E-state index contributed by atoms with van der Waals surface area (Å²) in [5.74, 6) is -0.362. The van der Waals surface area contributed by atoms with Crippen LogP contribution in [0.1, 0.15) is 32.0 Å². The highest BCUT2D eigenvalue weighted by atomic mass is 16.2. The number of aromatic nitrogens is 1. The van der Waals surface area contributed by atoms with Gasteiger partial charge in [-0.1, -0.05) is 42.5 Å². The minimum absolute atomic E-state index is 0.127. The molecule has 3 aromatic rings. The summed E-state index contributed by atoms with van der Waals surface area (Å²) >= 11 is 0. The van der Waals surface area contributed by atoms with Crippen LogP contribution in [0, 0.1) is 0 Å². The maximum Gasteiger partial charge on any atom is 0.253 e. The topological polar surface area (TPSA) is 62.3 Å². The Labute approximate surface area is 158 Å². The van der Waals surface area contributed by atoms with Gasteiger partial charge in [0.1, 0.15) is 0 Å². The van der Waals surface area contributed by atoms with Gasteiger partial charge in [0.15, 0.2) is 0 Å². The van der Waals surface area contributed by atoms with Crippen LogP contribution < -0.4 is 5.32 Å². The highest BCUT2D eigenvalue weighted by Crippen LogP contribution is 2.11. The second-order valence-corrected chi connectivity index (χ2v) is 6.23. The van der Waals surface area contributed by atoms with Gasteiger partial charge in [0.05, 0.1) is 12.2 Å². The Kier molecular flexibility index (Phi) is 5.94. The van der Waals surface area contributed by atoms with E-state index in [2.05, 4.69) is 10.3 Å². The van der Waals surface area contributed by atoms with Gasteiger partial charge in [0.25, 0.3) is 11.8 Å². The first-order chi connectivity index (χ1) is 13.1. The minimum Gasteiger partial charge on any atom is -0.346 e. The molecule has 1 aromatic heterocycles. The van der Waals surface area contributed by atoms with E-state index in [-0.39, 0.29) is 11.8 Å². The van der Waals surface area contributed by atoms with Gasteiger partial charge in [0.2, 0.25) is 0 Å². The van der Waals surface area contributed by atoms with E-state index in [0.29, 0.717) is 24.2 Å². The SMILES string of the molecule is CN(Cc1ccccc1)C(=O)c1cccc(C(=O)NCc2ccccn2)c1. The number of nitrogens with zero attached hydrogens (tertiary/aromatic N) is 2. The Balaban J connectivity index is 1.65. The third kappa shape index (κ3) is 5.01. The van der Waals surface area contributed by atoms with Crippen LogP contribution in [0.15, 0.2) is 79.0 Å². The van der Waals surface area contributed by atoms with E-state index in [1.54, 1.807) is 42.4 Å². The third-order valence-corrected chi connectivity index (χ3v) is 4.14. The zero-order valence-corrected chi connectivity index (χ0v) is 15.1. The Hall–Kier alpha value is -3.47. The average Bonchev–Trinajstić information content (AvgIpc) is 2.73. The van der Waals surface area contributed by atoms with Gasteiger partial charge in [-0.05, 0) is 35.9 Å². The molecule has 0 radical (unpaired) electrons. The van der Waals surface area contributed by atoms with Gasteiger partial charge >= 0.3 is 0 Å². The fraction of sp³-hybridized carbons (Fsp3) is 0.136. The van der Waals surface area contributed by atoms with Crippen molar-refractivity contribution >= 4 is 11.8 Å². The van der Waals surface area contributed by atoms with Crippen LogP contribution in [0.25, 0.3) is 0 Å². The molecule has 0 atom stereocenters. The van der Waals surface area contributed by atoms with Crippen molar-refractivity contribution in [1.82, 2.24) is 15.2 Å². The highest BCUT2D eigenvalue weighted by molar-refractivity contribution is 5.99. The van der Waals surface area contributed by atoms with Crippen LogP contribution in [0.5, 0.6) is 0 Å². The van der Waals surface area contributed by atoms with Crippen molar-refractivity contribution in [2.45, 2.75) is 13.1 Å². The summed E-state index contributed by atoms with van der Waals surface area (Å²) in [5, 5.41) is 2.82. The smallest absolute Gasteiger partial charge is 0.253 e. The number of carbonyl (C=O) groups excluding carboxylic acids is 2. The van der Waals surface area contributed by atoms with Crippen LogP contribution in [-0.2, 0) is 13.1 Å². The molecule has 1 heterocycles. The number of benzene rings is 2. The van der Waals surface area contributed by atoms with E-state index in [0.717, 1.165) is 11.3 Å². The fourth-order valence-corrected chi connectivity index (χ4v) is 2.72. The van der Waals surface area contributed by atoms with Gasteiger partial charge in [-0.2, -0.15) is 0 Å². The van der Waals surface area contributed by atoms with Gasteiger partial charge in [-0.15, -0.1) is 0 Å². The van der Waals surface area contributed by atoms with Crippen LogP contribution in [0.3, 0.4) is 0 Å². The monoisotopic (exact) mass is 359 g/mol. The van der Waals surface area contributed by atoms with Gasteiger partial charge in [-0.3, -0.25) is 14.6 Å². The highest BCUT2D eigenvalue weighted by Gasteiger charge is 2.14. The standard InChI is InChI=1S/C22H21N3O2/c1-25(16-17-8-3-2-4-9-17)22(27)19-11-7-10-18(14-19)21(26)24-15-20-12-5-6-13-23-20/h2-14H,15-16H2,1H3,(H,24,26). The molecule has 5 nitrogen and oxygen atoms in total. The van der Waals surface area contributed by atoms with Crippen LogP contribution in [-0.4, -0.2) is 28.7 Å². The second kappa shape index (κ2) is 8.76. The first kappa shape index (κ1) is 18.3. The van der Waals surface area contributed by atoms with Gasteiger partial charge in [0, 0.05) is 30.9 Å². The quantitative estimate of drug-likeness (QED) is 0.735. The summed E-state index contributed by atoms with van der Waals surface area (Å²) in [4.78, 5) is 30.9. The van der Waals surface area contributed by atoms with E-state index >= 15 is 0 Å². The lowest BCUT2D eigenvalue weighted by molar-refractivity contribution is 0.0785. The molecule has 0 spiro atoms. The molecule has 136 valence electrons. The zero-order valence-electron chi connectivity index (χ0n) is 15.1. The molecule has 0 saturated carbocycles. The molecule has 0 bridgehead atoms. The van der Waals surface area contributed by atoms with Gasteiger partial charge in [-0.25, -0.2) is 0 Å². The first-order valence-electron chi connectivity index (χ1n) is 8.71. The van der Waals surface area contributed by atoms with E-state index in [4.69, 9.17) is 0 Å². The average molecular weight is 359 g/mol. The van der Waals surface area contributed by atoms with Crippen molar-refractivity contribution in [1.29, 1.82) is 0 Å². The van der Waals surface area contributed by atoms with Crippen LogP contribution in [0.4, 0.5) is 0 Å². The molecule has 2 aromatic carbocycles. The van der Waals surface area contributed by atoms with Crippen molar-refractivity contribution < 1.29 is 9.59 Å². The molecule has 0 unspecified atom stereocenters. The second-order valence-electron chi connectivity index (χ2n) is 6.23. The van der Waals surface area contributed by atoms with Crippen molar-refractivity contribution in [3.8, 4) is 0 Å². The molecule has 0 aliphatic heterocycles. The lowest BCUT2D eigenvalue weighted by Crippen LogP contribution is -2.27. The molecular formula is C22H21N3O2. The lowest BCUT2D eigenvalue weighted by Gasteiger charge is -2.17. The summed E-state index contributed by atoms with van der Waals surface area (Å²) in [5.41, 5.74) is 2.77. The Morgan fingerprint density at radius 1 is 0.926 bits per heavy atom. The zero-order chi connectivity index (χ0) is 19.1. The lowest BCUT2D eigenvalue weighted by atomic mass is 10.1.